The smallest absolute Gasteiger partial charge is 0.0587 e. The van der Waals surface area contributed by atoms with Gasteiger partial charge in [-0.25, -0.2) is 0 Å². The van der Waals surface area contributed by atoms with Gasteiger partial charge in [-0.1, -0.05) is 0 Å². The Kier molecular flexibility index (Phi) is 4.70. The molecular formula is C11H20N2O. The fourth-order valence-electron chi connectivity index (χ4n) is 1.29. The van der Waals surface area contributed by atoms with Gasteiger partial charge in [-0.2, -0.15) is 0 Å². The number of hydrogen-bond donors (Lipinski definition) is 1. The molecule has 80 valence electrons. The lowest BCUT2D eigenvalue weighted by molar-refractivity contribution is 0.199. The van der Waals surface area contributed by atoms with Crippen molar-refractivity contribution >= 4 is 0 Å². The Morgan fingerprint density at radius 1 is 1.50 bits per heavy atom. The summed E-state index contributed by atoms with van der Waals surface area (Å²) in [5, 5.41) is 3.32. The van der Waals surface area contributed by atoms with E-state index in [1.807, 2.05) is 0 Å². The Morgan fingerprint density at radius 3 is 2.86 bits per heavy atom. The fraction of sp³-hybridized carbons (Fsp3) is 0.636. The predicted octanol–water partition coefficient (Wildman–Crippen LogP) is 1.80. The van der Waals surface area contributed by atoms with E-state index in [1.54, 1.807) is 7.11 Å². The Hall–Kier alpha value is -0.800. The Labute approximate surface area is 86.1 Å². The zero-order valence-corrected chi connectivity index (χ0v) is 9.29. The van der Waals surface area contributed by atoms with Crippen molar-refractivity contribution in [3.05, 3.63) is 24.0 Å². The van der Waals surface area contributed by atoms with Gasteiger partial charge in [0.25, 0.3) is 0 Å². The zero-order chi connectivity index (χ0) is 10.4. The number of aromatic nitrogens is 1. The second-order valence-electron chi connectivity index (χ2n) is 3.73. The number of methoxy groups -OCH3 is 1. The first kappa shape index (κ1) is 11.3. The molecule has 14 heavy (non-hydrogen) atoms. The summed E-state index contributed by atoms with van der Waals surface area (Å²) in [5.41, 5.74) is 1.33. The van der Waals surface area contributed by atoms with Crippen LogP contribution in [0.4, 0.5) is 0 Å². The number of nitrogens with one attached hydrogen (secondary N) is 1. The molecule has 0 aromatic carbocycles. The lowest BCUT2D eigenvalue weighted by Crippen LogP contribution is -2.18. The van der Waals surface area contributed by atoms with Crippen molar-refractivity contribution in [2.24, 2.45) is 0 Å². The molecule has 1 heterocycles. The van der Waals surface area contributed by atoms with Gasteiger partial charge in [0.05, 0.1) is 6.61 Å². The molecule has 0 amide bonds. The summed E-state index contributed by atoms with van der Waals surface area (Å²) in [5.74, 6) is 0. The lowest BCUT2D eigenvalue weighted by Gasteiger charge is -2.05. The number of ether oxygens (including phenoxy) is 1. The largest absolute Gasteiger partial charge is 0.383 e. The van der Waals surface area contributed by atoms with E-state index in [2.05, 4.69) is 42.2 Å². The van der Waals surface area contributed by atoms with Crippen LogP contribution in [0, 0.1) is 0 Å². The molecular weight excluding hydrogens is 176 g/mol. The molecule has 0 atom stereocenters. The second kappa shape index (κ2) is 5.83. The Bertz CT molecular complexity index is 256. The third-order valence-corrected chi connectivity index (χ3v) is 2.18. The average Bonchev–Trinajstić information content (AvgIpc) is 2.61. The van der Waals surface area contributed by atoms with Crippen molar-refractivity contribution in [3.8, 4) is 0 Å². The Morgan fingerprint density at radius 2 is 2.29 bits per heavy atom. The number of hydrogen-bond acceptors (Lipinski definition) is 2. The van der Waals surface area contributed by atoms with E-state index in [1.165, 1.54) is 5.56 Å². The summed E-state index contributed by atoms with van der Waals surface area (Å²) in [6.45, 7) is 6.96. The molecule has 0 saturated heterocycles. The predicted molar refractivity (Wildman–Crippen MR) is 58.4 cm³/mol. The van der Waals surface area contributed by atoms with Crippen LogP contribution in [0.25, 0.3) is 0 Å². The molecule has 1 rings (SSSR count). The molecule has 0 fully saturated rings. The van der Waals surface area contributed by atoms with Crippen LogP contribution in [0.2, 0.25) is 0 Å². The first-order valence-corrected chi connectivity index (χ1v) is 5.10. The maximum Gasteiger partial charge on any atom is 0.0587 e. The zero-order valence-electron chi connectivity index (χ0n) is 9.29. The quantitative estimate of drug-likeness (QED) is 0.702. The van der Waals surface area contributed by atoms with Gasteiger partial charge in [0.15, 0.2) is 0 Å². The summed E-state index contributed by atoms with van der Waals surface area (Å²) < 4.78 is 7.17. The van der Waals surface area contributed by atoms with Gasteiger partial charge < -0.3 is 14.6 Å². The topological polar surface area (TPSA) is 26.2 Å². The SMILES string of the molecule is COCCNCc1ccn(C(C)C)c1. The van der Waals surface area contributed by atoms with E-state index in [9.17, 15) is 0 Å². The molecule has 0 radical (unpaired) electrons. The van der Waals surface area contributed by atoms with Gasteiger partial charge in [-0.15, -0.1) is 0 Å². The highest BCUT2D eigenvalue weighted by atomic mass is 16.5. The van der Waals surface area contributed by atoms with E-state index in [0.717, 1.165) is 19.7 Å². The summed E-state index contributed by atoms with van der Waals surface area (Å²) in [6.07, 6.45) is 4.31. The van der Waals surface area contributed by atoms with Gasteiger partial charge in [-0.05, 0) is 25.5 Å². The molecule has 0 aliphatic rings. The molecule has 3 nitrogen and oxygen atoms in total. The van der Waals surface area contributed by atoms with Crippen LogP contribution in [0.15, 0.2) is 18.5 Å². The lowest BCUT2D eigenvalue weighted by atomic mass is 10.3. The van der Waals surface area contributed by atoms with Crippen molar-refractivity contribution in [1.29, 1.82) is 0 Å². The van der Waals surface area contributed by atoms with Crippen LogP contribution in [0.3, 0.4) is 0 Å². The summed E-state index contributed by atoms with van der Waals surface area (Å²) in [6, 6.07) is 2.70. The highest BCUT2D eigenvalue weighted by Gasteiger charge is 1.98. The third-order valence-electron chi connectivity index (χ3n) is 2.18. The molecule has 0 unspecified atom stereocenters. The molecule has 1 aromatic heterocycles. The summed E-state index contributed by atoms with van der Waals surface area (Å²) in [4.78, 5) is 0. The van der Waals surface area contributed by atoms with Crippen molar-refractivity contribution in [2.45, 2.75) is 26.4 Å². The van der Waals surface area contributed by atoms with Crippen molar-refractivity contribution in [3.63, 3.8) is 0 Å². The van der Waals surface area contributed by atoms with Crippen molar-refractivity contribution < 1.29 is 4.74 Å². The molecule has 3 heteroatoms. The van der Waals surface area contributed by atoms with Crippen LogP contribution >= 0.6 is 0 Å². The standard InChI is InChI=1S/C11H20N2O/c1-10(2)13-6-4-11(9-13)8-12-5-7-14-3/h4,6,9-10,12H,5,7-8H2,1-3H3. The van der Waals surface area contributed by atoms with Gasteiger partial charge in [0, 0.05) is 38.6 Å². The minimum atomic E-state index is 0.544. The molecule has 0 bridgehead atoms. The maximum atomic E-state index is 4.96. The summed E-state index contributed by atoms with van der Waals surface area (Å²) in [7, 11) is 1.72. The van der Waals surface area contributed by atoms with E-state index in [-0.39, 0.29) is 0 Å². The van der Waals surface area contributed by atoms with Crippen LogP contribution in [0.5, 0.6) is 0 Å². The molecule has 0 saturated carbocycles. The normalized spacial score (nSPS) is 11.1. The molecule has 1 aromatic rings. The van der Waals surface area contributed by atoms with Crippen LogP contribution in [-0.2, 0) is 11.3 Å². The second-order valence-corrected chi connectivity index (χ2v) is 3.73. The monoisotopic (exact) mass is 196 g/mol. The Balaban J connectivity index is 2.29. The minimum absolute atomic E-state index is 0.544. The van der Waals surface area contributed by atoms with E-state index in [4.69, 9.17) is 4.74 Å². The average molecular weight is 196 g/mol. The van der Waals surface area contributed by atoms with E-state index in [0.29, 0.717) is 6.04 Å². The van der Waals surface area contributed by atoms with Crippen LogP contribution in [-0.4, -0.2) is 24.8 Å². The fourth-order valence-corrected chi connectivity index (χ4v) is 1.29. The van der Waals surface area contributed by atoms with Crippen molar-refractivity contribution in [1.82, 2.24) is 9.88 Å². The van der Waals surface area contributed by atoms with E-state index < -0.39 is 0 Å². The van der Waals surface area contributed by atoms with E-state index >= 15 is 0 Å². The maximum absolute atomic E-state index is 4.96. The first-order valence-electron chi connectivity index (χ1n) is 5.10. The highest BCUT2D eigenvalue weighted by molar-refractivity contribution is 5.10. The summed E-state index contributed by atoms with van der Waals surface area (Å²) >= 11 is 0. The van der Waals surface area contributed by atoms with Crippen LogP contribution < -0.4 is 5.32 Å². The highest BCUT2D eigenvalue weighted by Crippen LogP contribution is 2.07. The third kappa shape index (κ3) is 3.52. The van der Waals surface area contributed by atoms with Gasteiger partial charge in [0.2, 0.25) is 0 Å². The van der Waals surface area contributed by atoms with Crippen molar-refractivity contribution in [2.75, 3.05) is 20.3 Å². The number of rotatable bonds is 6. The molecule has 1 N–H and O–H groups in total. The first-order chi connectivity index (χ1) is 6.74. The number of nitrogens with zero attached hydrogens (tertiary/aromatic N) is 1. The molecule has 0 aliphatic heterocycles. The molecule has 0 spiro atoms. The van der Waals surface area contributed by atoms with Gasteiger partial charge in [0.1, 0.15) is 0 Å². The van der Waals surface area contributed by atoms with Gasteiger partial charge >= 0.3 is 0 Å². The minimum Gasteiger partial charge on any atom is -0.383 e. The van der Waals surface area contributed by atoms with Gasteiger partial charge in [-0.3, -0.25) is 0 Å². The van der Waals surface area contributed by atoms with Crippen LogP contribution in [0.1, 0.15) is 25.5 Å². The molecule has 0 aliphatic carbocycles.